The van der Waals surface area contributed by atoms with Crippen molar-refractivity contribution >= 4 is 12.1 Å². The van der Waals surface area contributed by atoms with Gasteiger partial charge in [-0.1, -0.05) is 17.7 Å². The predicted molar refractivity (Wildman–Crippen MR) is 95.5 cm³/mol. The van der Waals surface area contributed by atoms with Crippen LogP contribution in [0.2, 0.25) is 0 Å². The van der Waals surface area contributed by atoms with E-state index in [0.29, 0.717) is 26.2 Å². The molecule has 3 rings (SSSR count). The van der Waals surface area contributed by atoms with E-state index in [0.717, 1.165) is 18.4 Å². The van der Waals surface area contributed by atoms with Gasteiger partial charge in [-0.05, 0) is 50.3 Å². The van der Waals surface area contributed by atoms with Gasteiger partial charge in [-0.15, -0.1) is 0 Å². The van der Waals surface area contributed by atoms with Gasteiger partial charge in [0.15, 0.2) is 0 Å². The van der Waals surface area contributed by atoms with Crippen LogP contribution in [0.3, 0.4) is 0 Å². The molecular weight excluding hydrogens is 318 g/mol. The fourth-order valence-corrected chi connectivity index (χ4v) is 4.04. The highest BCUT2D eigenvalue weighted by atomic mass is 16.6. The van der Waals surface area contributed by atoms with E-state index in [4.69, 9.17) is 4.74 Å². The highest BCUT2D eigenvalue weighted by Gasteiger charge is 2.47. The lowest BCUT2D eigenvalue weighted by molar-refractivity contribution is 0.00317. The number of piperidine rings is 1. The quantitative estimate of drug-likeness (QED) is 0.896. The third kappa shape index (κ3) is 3.57. The molecule has 1 spiro atoms. The molecule has 6 nitrogen and oxygen atoms in total. The van der Waals surface area contributed by atoms with Crippen molar-refractivity contribution in [2.75, 3.05) is 26.7 Å². The van der Waals surface area contributed by atoms with Crippen LogP contribution < -0.4 is 5.32 Å². The number of hydrogen-bond donors (Lipinski definition) is 1. The van der Waals surface area contributed by atoms with Gasteiger partial charge in [-0.25, -0.2) is 9.59 Å². The monoisotopic (exact) mass is 345 g/mol. The van der Waals surface area contributed by atoms with Crippen LogP contribution in [0.15, 0.2) is 12.1 Å². The fraction of sp³-hybridized carbons (Fsp3) is 0.579. The number of nitrogens with one attached hydrogen (secondary N) is 1. The Balaban J connectivity index is 1.63. The van der Waals surface area contributed by atoms with Crippen molar-refractivity contribution < 1.29 is 14.3 Å². The van der Waals surface area contributed by atoms with E-state index in [1.54, 1.807) is 16.8 Å². The standard InChI is InChI=1S/C19H27N3O3/c1-13-8-14(2)16(15(3)9-13)10-20-17(23)22-7-5-6-19(12-22)11-21(4)18(24)25-19/h8-9H,5-7,10-12H2,1-4H3,(H,20,23)/t19-/m0/s1. The van der Waals surface area contributed by atoms with E-state index in [1.165, 1.54) is 16.7 Å². The molecule has 6 heteroatoms. The Morgan fingerprint density at radius 1 is 1.24 bits per heavy atom. The number of likely N-dealkylation sites (N-methyl/N-ethyl adjacent to an activating group) is 1. The minimum Gasteiger partial charge on any atom is -0.439 e. The largest absolute Gasteiger partial charge is 0.439 e. The predicted octanol–water partition coefficient (Wildman–Crippen LogP) is 2.74. The smallest absolute Gasteiger partial charge is 0.410 e. The SMILES string of the molecule is Cc1cc(C)c(CNC(=O)N2CCC[C@]3(CN(C)C(=O)O3)C2)c(C)c1. The van der Waals surface area contributed by atoms with Crippen LogP contribution in [0.1, 0.15) is 35.1 Å². The number of urea groups is 1. The van der Waals surface area contributed by atoms with E-state index in [2.05, 4.69) is 38.2 Å². The molecule has 2 saturated heterocycles. The van der Waals surface area contributed by atoms with Gasteiger partial charge in [0, 0.05) is 20.1 Å². The first-order valence-electron chi connectivity index (χ1n) is 8.83. The van der Waals surface area contributed by atoms with Crippen LogP contribution in [-0.2, 0) is 11.3 Å². The molecule has 2 heterocycles. The summed E-state index contributed by atoms with van der Waals surface area (Å²) in [6.45, 7) is 8.44. The number of amides is 3. The molecule has 1 atom stereocenters. The lowest BCUT2D eigenvalue weighted by atomic mass is 9.93. The van der Waals surface area contributed by atoms with Crippen molar-refractivity contribution in [3.05, 3.63) is 34.4 Å². The van der Waals surface area contributed by atoms with Crippen molar-refractivity contribution in [3.63, 3.8) is 0 Å². The van der Waals surface area contributed by atoms with E-state index in [1.807, 2.05) is 0 Å². The summed E-state index contributed by atoms with van der Waals surface area (Å²) in [6.07, 6.45) is 1.35. The molecule has 1 N–H and O–H groups in total. The summed E-state index contributed by atoms with van der Waals surface area (Å²) in [6, 6.07) is 4.18. The van der Waals surface area contributed by atoms with Crippen LogP contribution >= 0.6 is 0 Å². The Hall–Kier alpha value is -2.24. The number of carbonyl (C=O) groups excluding carboxylic acids is 2. The third-order valence-corrected chi connectivity index (χ3v) is 5.22. The molecule has 0 aromatic heterocycles. The Morgan fingerprint density at radius 3 is 2.52 bits per heavy atom. The zero-order valence-corrected chi connectivity index (χ0v) is 15.5. The normalized spacial score (nSPS) is 23.1. The zero-order chi connectivity index (χ0) is 18.2. The fourth-order valence-electron chi connectivity index (χ4n) is 4.04. The highest BCUT2D eigenvalue weighted by molar-refractivity contribution is 5.75. The molecule has 136 valence electrons. The van der Waals surface area contributed by atoms with Crippen molar-refractivity contribution in [2.45, 2.75) is 45.8 Å². The van der Waals surface area contributed by atoms with Crippen molar-refractivity contribution in [1.29, 1.82) is 0 Å². The van der Waals surface area contributed by atoms with Gasteiger partial charge in [0.2, 0.25) is 0 Å². The molecule has 0 unspecified atom stereocenters. The number of ether oxygens (including phenoxy) is 1. The first-order chi connectivity index (χ1) is 11.8. The molecule has 0 radical (unpaired) electrons. The number of hydrogen-bond acceptors (Lipinski definition) is 3. The Bertz CT molecular complexity index is 680. The number of likely N-dealkylation sites (tertiary alicyclic amines) is 1. The summed E-state index contributed by atoms with van der Waals surface area (Å²) in [7, 11) is 1.74. The summed E-state index contributed by atoms with van der Waals surface area (Å²) in [4.78, 5) is 27.7. The van der Waals surface area contributed by atoms with Gasteiger partial charge >= 0.3 is 12.1 Å². The van der Waals surface area contributed by atoms with Gasteiger partial charge in [0.25, 0.3) is 0 Å². The summed E-state index contributed by atoms with van der Waals surface area (Å²) in [5.74, 6) is 0. The molecule has 2 fully saturated rings. The maximum atomic E-state index is 12.6. The molecule has 2 aliphatic rings. The van der Waals surface area contributed by atoms with Crippen LogP contribution in [0.4, 0.5) is 9.59 Å². The molecule has 0 saturated carbocycles. The van der Waals surface area contributed by atoms with Crippen LogP contribution in [0.25, 0.3) is 0 Å². The second-order valence-electron chi connectivity index (χ2n) is 7.47. The summed E-state index contributed by atoms with van der Waals surface area (Å²) in [5.41, 5.74) is 4.24. The highest BCUT2D eigenvalue weighted by Crippen LogP contribution is 2.31. The van der Waals surface area contributed by atoms with E-state index < -0.39 is 5.60 Å². The Morgan fingerprint density at radius 2 is 1.92 bits per heavy atom. The van der Waals surface area contributed by atoms with E-state index >= 15 is 0 Å². The van der Waals surface area contributed by atoms with Crippen molar-refractivity contribution in [3.8, 4) is 0 Å². The summed E-state index contributed by atoms with van der Waals surface area (Å²) in [5, 5.41) is 3.03. The maximum absolute atomic E-state index is 12.6. The molecule has 3 amide bonds. The van der Waals surface area contributed by atoms with Gasteiger partial charge in [0.05, 0.1) is 13.1 Å². The molecular formula is C19H27N3O3. The molecule has 0 bridgehead atoms. The second kappa shape index (κ2) is 6.58. The molecule has 0 aliphatic carbocycles. The Labute approximate surface area is 149 Å². The topological polar surface area (TPSA) is 61.9 Å². The zero-order valence-electron chi connectivity index (χ0n) is 15.5. The molecule has 1 aromatic rings. The number of carbonyl (C=O) groups is 2. The summed E-state index contributed by atoms with van der Waals surface area (Å²) < 4.78 is 5.56. The average Bonchev–Trinajstić information content (AvgIpc) is 2.79. The number of nitrogens with zero attached hydrogens (tertiary/aromatic N) is 2. The van der Waals surface area contributed by atoms with Gasteiger partial charge in [-0.3, -0.25) is 0 Å². The van der Waals surface area contributed by atoms with Crippen LogP contribution in [0.5, 0.6) is 0 Å². The van der Waals surface area contributed by atoms with E-state index in [9.17, 15) is 9.59 Å². The number of aryl methyl sites for hydroxylation is 3. The minimum atomic E-state index is -0.545. The van der Waals surface area contributed by atoms with Crippen molar-refractivity contribution in [1.82, 2.24) is 15.1 Å². The van der Waals surface area contributed by atoms with Crippen molar-refractivity contribution in [2.24, 2.45) is 0 Å². The van der Waals surface area contributed by atoms with Crippen LogP contribution in [-0.4, -0.2) is 54.2 Å². The number of rotatable bonds is 2. The molecule has 1 aromatic carbocycles. The van der Waals surface area contributed by atoms with Crippen LogP contribution in [0, 0.1) is 20.8 Å². The molecule has 2 aliphatic heterocycles. The lowest BCUT2D eigenvalue weighted by Crippen LogP contribution is -2.54. The third-order valence-electron chi connectivity index (χ3n) is 5.22. The van der Waals surface area contributed by atoms with E-state index in [-0.39, 0.29) is 12.1 Å². The number of benzene rings is 1. The first-order valence-corrected chi connectivity index (χ1v) is 8.83. The Kier molecular flexibility index (Phi) is 4.62. The first kappa shape index (κ1) is 17.6. The average molecular weight is 345 g/mol. The minimum absolute atomic E-state index is 0.0935. The second-order valence-corrected chi connectivity index (χ2v) is 7.47. The lowest BCUT2D eigenvalue weighted by Gasteiger charge is -2.38. The van der Waals surface area contributed by atoms with Gasteiger partial charge in [-0.2, -0.15) is 0 Å². The van der Waals surface area contributed by atoms with Gasteiger partial charge < -0.3 is 19.9 Å². The maximum Gasteiger partial charge on any atom is 0.410 e. The molecule has 25 heavy (non-hydrogen) atoms. The summed E-state index contributed by atoms with van der Waals surface area (Å²) >= 11 is 0. The van der Waals surface area contributed by atoms with Gasteiger partial charge in [0.1, 0.15) is 5.60 Å².